The molecule has 1 N–H and O–H groups in total. The number of piperidine rings is 1. The van der Waals surface area contributed by atoms with Crippen molar-refractivity contribution in [2.45, 2.75) is 43.5 Å². The van der Waals surface area contributed by atoms with E-state index in [1.54, 1.807) is 11.8 Å². The van der Waals surface area contributed by atoms with Crippen LogP contribution in [0.15, 0.2) is 4.34 Å². The monoisotopic (exact) mass is 358 g/mol. The fraction of sp³-hybridized carbons (Fsp3) is 0.714. The number of thioether (sulfide) groups is 1. The molecule has 23 heavy (non-hydrogen) atoms. The third kappa shape index (κ3) is 5.07. The number of hydrogen-bond acceptors (Lipinski definition) is 8. The van der Waals surface area contributed by atoms with Crippen LogP contribution < -0.4 is 5.32 Å². The third-order valence-electron chi connectivity index (χ3n) is 3.44. The van der Waals surface area contributed by atoms with E-state index in [4.69, 9.17) is 4.74 Å². The molecule has 0 spiro atoms. The van der Waals surface area contributed by atoms with Gasteiger partial charge in [-0.15, -0.1) is 10.2 Å². The number of carbonyl (C=O) groups excluding carboxylic acids is 2. The van der Waals surface area contributed by atoms with Crippen LogP contribution in [-0.2, 0) is 14.3 Å². The van der Waals surface area contributed by atoms with E-state index in [0.717, 1.165) is 28.9 Å². The molecule has 0 saturated carbocycles. The first-order valence-corrected chi connectivity index (χ1v) is 9.62. The zero-order valence-electron chi connectivity index (χ0n) is 13.4. The van der Waals surface area contributed by atoms with Crippen LogP contribution in [0.1, 0.15) is 33.1 Å². The van der Waals surface area contributed by atoms with Gasteiger partial charge in [0.2, 0.25) is 11.0 Å². The first kappa shape index (κ1) is 18.0. The SMILES string of the molecule is CCNc1nnc(SCC(=O)N2CCCC[C@@H]2C(=O)OCC)s1. The zero-order valence-corrected chi connectivity index (χ0v) is 15.0. The van der Waals surface area contributed by atoms with Gasteiger partial charge in [0.05, 0.1) is 12.4 Å². The van der Waals surface area contributed by atoms with Crippen molar-refractivity contribution < 1.29 is 14.3 Å². The van der Waals surface area contributed by atoms with Crippen molar-refractivity contribution >= 4 is 40.1 Å². The van der Waals surface area contributed by atoms with Gasteiger partial charge in [-0.05, 0) is 33.1 Å². The van der Waals surface area contributed by atoms with Gasteiger partial charge in [0.15, 0.2) is 4.34 Å². The summed E-state index contributed by atoms with van der Waals surface area (Å²) in [6, 6.07) is -0.441. The fourth-order valence-corrected chi connectivity index (χ4v) is 4.12. The molecule has 9 heteroatoms. The Morgan fingerprint density at radius 1 is 1.39 bits per heavy atom. The van der Waals surface area contributed by atoms with Gasteiger partial charge in [0.25, 0.3) is 0 Å². The minimum Gasteiger partial charge on any atom is -0.464 e. The highest BCUT2D eigenvalue weighted by Crippen LogP contribution is 2.27. The number of esters is 1. The molecule has 0 aliphatic carbocycles. The Bertz CT molecular complexity index is 538. The lowest BCUT2D eigenvalue weighted by Gasteiger charge is -2.33. The maximum Gasteiger partial charge on any atom is 0.328 e. The van der Waals surface area contributed by atoms with Crippen molar-refractivity contribution in [1.29, 1.82) is 0 Å². The Morgan fingerprint density at radius 3 is 2.96 bits per heavy atom. The van der Waals surface area contributed by atoms with Crippen molar-refractivity contribution in [2.75, 3.05) is 30.8 Å². The van der Waals surface area contributed by atoms with E-state index in [-0.39, 0.29) is 17.6 Å². The summed E-state index contributed by atoms with van der Waals surface area (Å²) in [4.78, 5) is 26.1. The number of ether oxygens (including phenoxy) is 1. The van der Waals surface area contributed by atoms with Crippen LogP contribution in [0.25, 0.3) is 0 Å². The number of hydrogen-bond donors (Lipinski definition) is 1. The normalized spacial score (nSPS) is 17.8. The van der Waals surface area contributed by atoms with Crippen molar-refractivity contribution in [3.8, 4) is 0 Å². The predicted molar refractivity (Wildman–Crippen MR) is 90.8 cm³/mol. The van der Waals surface area contributed by atoms with Gasteiger partial charge in [0, 0.05) is 13.1 Å². The summed E-state index contributed by atoms with van der Waals surface area (Å²) in [5.74, 6) is -0.0831. The third-order valence-corrected chi connectivity index (χ3v) is 5.43. The van der Waals surface area contributed by atoms with Crippen molar-refractivity contribution in [3.63, 3.8) is 0 Å². The molecule has 0 radical (unpaired) electrons. The number of carbonyl (C=O) groups is 2. The molecule has 1 aliphatic rings. The molecule has 0 aromatic carbocycles. The summed E-state index contributed by atoms with van der Waals surface area (Å²) in [6.45, 7) is 5.50. The first-order chi connectivity index (χ1) is 11.2. The van der Waals surface area contributed by atoms with E-state index in [9.17, 15) is 9.59 Å². The minimum absolute atomic E-state index is 0.0482. The molecule has 2 rings (SSSR count). The van der Waals surface area contributed by atoms with Crippen LogP contribution in [0.2, 0.25) is 0 Å². The first-order valence-electron chi connectivity index (χ1n) is 7.82. The predicted octanol–water partition coefficient (Wildman–Crippen LogP) is 2.01. The zero-order chi connectivity index (χ0) is 16.7. The lowest BCUT2D eigenvalue weighted by Crippen LogP contribution is -2.49. The van der Waals surface area contributed by atoms with Crippen LogP contribution in [0, 0.1) is 0 Å². The highest BCUT2D eigenvalue weighted by molar-refractivity contribution is 8.01. The van der Waals surface area contributed by atoms with Gasteiger partial charge in [-0.3, -0.25) is 4.79 Å². The number of likely N-dealkylation sites (tertiary alicyclic amines) is 1. The number of aromatic nitrogens is 2. The summed E-state index contributed by atoms with van der Waals surface area (Å²) in [5, 5.41) is 11.9. The van der Waals surface area contributed by atoms with Crippen LogP contribution in [-0.4, -0.2) is 58.5 Å². The maximum absolute atomic E-state index is 12.5. The minimum atomic E-state index is -0.441. The second-order valence-electron chi connectivity index (χ2n) is 5.04. The summed E-state index contributed by atoms with van der Waals surface area (Å²) in [6.07, 6.45) is 2.55. The molecular weight excluding hydrogens is 336 g/mol. The topological polar surface area (TPSA) is 84.4 Å². The standard InChI is InChI=1S/C14H22N4O3S2/c1-3-15-13-16-17-14(23-13)22-9-11(19)18-8-6-5-7-10(18)12(20)21-4-2/h10H,3-9H2,1-2H3,(H,15,16)/t10-/m1/s1. The number of anilines is 1. The van der Waals surface area contributed by atoms with Crippen LogP contribution in [0.3, 0.4) is 0 Å². The molecule has 7 nitrogen and oxygen atoms in total. The molecule has 2 heterocycles. The Morgan fingerprint density at radius 2 is 2.22 bits per heavy atom. The molecule has 1 aromatic rings. The lowest BCUT2D eigenvalue weighted by atomic mass is 10.0. The van der Waals surface area contributed by atoms with Crippen LogP contribution in [0.4, 0.5) is 5.13 Å². The highest BCUT2D eigenvalue weighted by atomic mass is 32.2. The largest absolute Gasteiger partial charge is 0.464 e. The molecule has 0 unspecified atom stereocenters. The molecule has 1 saturated heterocycles. The molecule has 1 aromatic heterocycles. The number of nitrogens with one attached hydrogen (secondary N) is 1. The van der Waals surface area contributed by atoms with Gasteiger partial charge in [-0.1, -0.05) is 23.1 Å². The van der Waals surface area contributed by atoms with Gasteiger partial charge in [-0.2, -0.15) is 0 Å². The Hall–Kier alpha value is -1.35. The van der Waals surface area contributed by atoms with Gasteiger partial charge in [0.1, 0.15) is 6.04 Å². The van der Waals surface area contributed by atoms with Crippen LogP contribution >= 0.6 is 23.1 Å². The van der Waals surface area contributed by atoms with E-state index in [1.807, 2.05) is 6.92 Å². The second kappa shape index (κ2) is 9.07. The summed E-state index contributed by atoms with van der Waals surface area (Å²) >= 11 is 2.79. The summed E-state index contributed by atoms with van der Waals surface area (Å²) < 4.78 is 5.84. The number of rotatable bonds is 7. The quantitative estimate of drug-likeness (QED) is 0.589. The molecule has 1 amide bonds. The van der Waals surface area contributed by atoms with E-state index in [0.29, 0.717) is 19.6 Å². The molecule has 128 valence electrons. The van der Waals surface area contributed by atoms with Crippen molar-refractivity contribution in [1.82, 2.24) is 15.1 Å². The highest BCUT2D eigenvalue weighted by Gasteiger charge is 2.33. The Labute approximate surface area is 144 Å². The molecule has 1 fully saturated rings. The average molecular weight is 358 g/mol. The maximum atomic E-state index is 12.5. The molecule has 1 aliphatic heterocycles. The molecule has 1 atom stereocenters. The summed E-state index contributed by atoms with van der Waals surface area (Å²) in [5.41, 5.74) is 0. The lowest BCUT2D eigenvalue weighted by molar-refractivity contribution is -0.155. The van der Waals surface area contributed by atoms with E-state index < -0.39 is 6.04 Å². The Kier molecular flexibility index (Phi) is 7.10. The average Bonchev–Trinajstić information content (AvgIpc) is 3.01. The Balaban J connectivity index is 1.90. The fourth-order valence-electron chi connectivity index (χ4n) is 2.41. The van der Waals surface area contributed by atoms with Gasteiger partial charge < -0.3 is 15.0 Å². The van der Waals surface area contributed by atoms with Crippen molar-refractivity contribution in [2.24, 2.45) is 0 Å². The molecular formula is C14H22N4O3S2. The molecule has 0 bridgehead atoms. The number of nitrogens with zero attached hydrogens (tertiary/aromatic N) is 3. The van der Waals surface area contributed by atoms with E-state index in [2.05, 4.69) is 15.5 Å². The van der Waals surface area contributed by atoms with Crippen molar-refractivity contribution in [3.05, 3.63) is 0 Å². The summed E-state index contributed by atoms with van der Waals surface area (Å²) in [7, 11) is 0. The smallest absolute Gasteiger partial charge is 0.328 e. The van der Waals surface area contributed by atoms with Crippen LogP contribution in [0.5, 0.6) is 0 Å². The van der Waals surface area contributed by atoms with Gasteiger partial charge >= 0.3 is 5.97 Å². The number of amides is 1. The van der Waals surface area contributed by atoms with E-state index >= 15 is 0 Å². The van der Waals surface area contributed by atoms with Gasteiger partial charge in [-0.25, -0.2) is 4.79 Å². The van der Waals surface area contributed by atoms with E-state index in [1.165, 1.54) is 23.1 Å². The second-order valence-corrected chi connectivity index (χ2v) is 7.24.